The molecule has 2 aromatic rings. The molecule has 2 rings (SSSR count). The Bertz CT molecular complexity index is 674. The Morgan fingerprint density at radius 2 is 2.11 bits per heavy atom. The van der Waals surface area contributed by atoms with E-state index in [4.69, 9.17) is 0 Å². The highest BCUT2D eigenvalue weighted by atomic mass is 32.2. The van der Waals surface area contributed by atoms with Crippen LogP contribution in [0, 0.1) is 5.92 Å². The van der Waals surface area contributed by atoms with Gasteiger partial charge in [0.25, 0.3) is 0 Å². The number of benzene rings is 1. The first-order valence-electron chi connectivity index (χ1n) is 6.31. The summed E-state index contributed by atoms with van der Waals surface area (Å²) in [5.74, 6) is 0.473. The predicted molar refractivity (Wildman–Crippen MR) is 75.4 cm³/mol. The summed E-state index contributed by atoms with van der Waals surface area (Å²) in [6, 6.07) is 4.99. The number of sulfonamides is 1. The van der Waals surface area contributed by atoms with Crippen LogP contribution in [-0.4, -0.2) is 24.5 Å². The SMILES string of the molecule is CC(C)CCNS(=O)(=O)c1ccc2c(c1)ncn2C. The quantitative estimate of drug-likeness (QED) is 0.910. The van der Waals surface area contributed by atoms with E-state index in [1.165, 1.54) is 0 Å². The van der Waals surface area contributed by atoms with Crippen molar-refractivity contribution in [3.8, 4) is 0 Å². The molecule has 0 atom stereocenters. The molecule has 1 aromatic carbocycles. The Kier molecular flexibility index (Phi) is 3.91. The van der Waals surface area contributed by atoms with Crippen molar-refractivity contribution in [2.75, 3.05) is 6.54 Å². The molecule has 1 aromatic heterocycles. The lowest BCUT2D eigenvalue weighted by molar-refractivity contribution is 0.551. The number of aryl methyl sites for hydroxylation is 1. The summed E-state index contributed by atoms with van der Waals surface area (Å²) in [5.41, 5.74) is 1.61. The largest absolute Gasteiger partial charge is 0.334 e. The second kappa shape index (κ2) is 5.30. The molecule has 0 radical (unpaired) electrons. The zero-order valence-corrected chi connectivity index (χ0v) is 12.2. The minimum atomic E-state index is -3.44. The predicted octanol–water partition coefficient (Wildman–Crippen LogP) is 1.90. The maximum atomic E-state index is 12.1. The van der Waals surface area contributed by atoms with Crippen LogP contribution >= 0.6 is 0 Å². The molecular formula is C13H19N3O2S. The van der Waals surface area contributed by atoms with E-state index in [9.17, 15) is 8.42 Å². The molecule has 0 bridgehead atoms. The minimum absolute atomic E-state index is 0.266. The first-order chi connectivity index (χ1) is 8.90. The number of nitrogens with zero attached hydrogens (tertiary/aromatic N) is 2. The molecular weight excluding hydrogens is 262 g/mol. The highest BCUT2D eigenvalue weighted by molar-refractivity contribution is 7.89. The molecule has 0 aliphatic heterocycles. The van der Waals surface area contributed by atoms with E-state index in [1.807, 2.05) is 11.6 Å². The maximum Gasteiger partial charge on any atom is 0.240 e. The molecule has 0 aliphatic carbocycles. The first kappa shape index (κ1) is 14.0. The van der Waals surface area contributed by atoms with Crippen molar-refractivity contribution < 1.29 is 8.42 Å². The number of hydrogen-bond acceptors (Lipinski definition) is 3. The van der Waals surface area contributed by atoms with Crippen LogP contribution in [0.4, 0.5) is 0 Å². The standard InChI is InChI=1S/C13H19N3O2S/c1-10(2)6-7-15-19(17,18)11-4-5-13-12(8-11)14-9-16(13)3/h4-5,8-10,15H,6-7H2,1-3H3. The summed E-state index contributed by atoms with van der Waals surface area (Å²) < 4.78 is 28.7. The number of nitrogens with one attached hydrogen (secondary N) is 1. The average Bonchev–Trinajstić information content (AvgIpc) is 2.70. The lowest BCUT2D eigenvalue weighted by Gasteiger charge is -2.08. The Morgan fingerprint density at radius 3 is 2.79 bits per heavy atom. The van der Waals surface area contributed by atoms with Crippen molar-refractivity contribution in [2.24, 2.45) is 13.0 Å². The fourth-order valence-electron chi connectivity index (χ4n) is 1.85. The van der Waals surface area contributed by atoms with Crippen LogP contribution < -0.4 is 4.72 Å². The summed E-state index contributed by atoms with van der Waals surface area (Å²) in [6.07, 6.45) is 2.50. The van der Waals surface area contributed by atoms with Gasteiger partial charge in [-0.05, 0) is 30.5 Å². The van der Waals surface area contributed by atoms with Crippen LogP contribution in [0.2, 0.25) is 0 Å². The highest BCUT2D eigenvalue weighted by Crippen LogP contribution is 2.17. The summed E-state index contributed by atoms with van der Waals surface area (Å²) >= 11 is 0. The van der Waals surface area contributed by atoms with Gasteiger partial charge in [0, 0.05) is 13.6 Å². The number of imidazole rings is 1. The second-order valence-electron chi connectivity index (χ2n) is 5.09. The first-order valence-corrected chi connectivity index (χ1v) is 7.79. The number of rotatable bonds is 5. The van der Waals surface area contributed by atoms with Crippen molar-refractivity contribution in [3.05, 3.63) is 24.5 Å². The number of aromatic nitrogens is 2. The van der Waals surface area contributed by atoms with Gasteiger partial charge in [0.2, 0.25) is 10.0 Å². The Hall–Kier alpha value is -1.40. The van der Waals surface area contributed by atoms with Crippen LogP contribution in [0.5, 0.6) is 0 Å². The van der Waals surface area contributed by atoms with Gasteiger partial charge in [-0.15, -0.1) is 0 Å². The molecule has 0 saturated heterocycles. The van der Waals surface area contributed by atoms with Gasteiger partial charge in [-0.1, -0.05) is 13.8 Å². The third-order valence-corrected chi connectivity index (χ3v) is 4.48. The summed E-state index contributed by atoms with van der Waals surface area (Å²) in [5, 5.41) is 0. The summed E-state index contributed by atoms with van der Waals surface area (Å²) in [7, 11) is -1.56. The van der Waals surface area contributed by atoms with Gasteiger partial charge in [-0.3, -0.25) is 0 Å². The topological polar surface area (TPSA) is 64.0 Å². The van der Waals surface area contributed by atoms with Crippen LogP contribution in [-0.2, 0) is 17.1 Å². The number of hydrogen-bond donors (Lipinski definition) is 1. The summed E-state index contributed by atoms with van der Waals surface area (Å²) in [4.78, 5) is 4.44. The molecule has 0 fully saturated rings. The maximum absolute atomic E-state index is 12.1. The van der Waals surface area contributed by atoms with E-state index in [0.717, 1.165) is 11.9 Å². The normalized spacial score (nSPS) is 12.4. The zero-order chi connectivity index (χ0) is 14.0. The fraction of sp³-hybridized carbons (Fsp3) is 0.462. The second-order valence-corrected chi connectivity index (χ2v) is 6.85. The third kappa shape index (κ3) is 3.13. The van der Waals surface area contributed by atoms with Gasteiger partial charge < -0.3 is 4.57 Å². The van der Waals surface area contributed by atoms with E-state index in [2.05, 4.69) is 23.6 Å². The molecule has 0 spiro atoms. The van der Waals surface area contributed by atoms with Crippen molar-refractivity contribution in [1.29, 1.82) is 0 Å². The van der Waals surface area contributed by atoms with Crippen molar-refractivity contribution in [3.63, 3.8) is 0 Å². The molecule has 0 saturated carbocycles. The fourth-order valence-corrected chi connectivity index (χ4v) is 2.92. The van der Waals surface area contributed by atoms with Crippen LogP contribution in [0.25, 0.3) is 11.0 Å². The Morgan fingerprint density at radius 1 is 1.37 bits per heavy atom. The lowest BCUT2D eigenvalue weighted by Crippen LogP contribution is -2.25. The van der Waals surface area contributed by atoms with Gasteiger partial charge in [-0.25, -0.2) is 18.1 Å². The number of fused-ring (bicyclic) bond motifs is 1. The lowest BCUT2D eigenvalue weighted by atomic mass is 10.1. The molecule has 6 heteroatoms. The van der Waals surface area contributed by atoms with Gasteiger partial charge >= 0.3 is 0 Å². The van der Waals surface area contributed by atoms with Crippen molar-refractivity contribution >= 4 is 21.1 Å². The Labute approximate surface area is 113 Å². The monoisotopic (exact) mass is 281 g/mol. The average molecular weight is 281 g/mol. The van der Waals surface area contributed by atoms with Crippen molar-refractivity contribution in [2.45, 2.75) is 25.2 Å². The molecule has 1 N–H and O–H groups in total. The zero-order valence-electron chi connectivity index (χ0n) is 11.4. The molecule has 5 nitrogen and oxygen atoms in total. The molecule has 0 amide bonds. The smallest absolute Gasteiger partial charge is 0.240 e. The molecule has 19 heavy (non-hydrogen) atoms. The van der Waals surface area contributed by atoms with Crippen LogP contribution in [0.3, 0.4) is 0 Å². The van der Waals surface area contributed by atoms with E-state index in [-0.39, 0.29) is 4.90 Å². The van der Waals surface area contributed by atoms with E-state index in [1.54, 1.807) is 24.5 Å². The van der Waals surface area contributed by atoms with E-state index >= 15 is 0 Å². The van der Waals surface area contributed by atoms with Gasteiger partial charge in [0.1, 0.15) is 0 Å². The molecule has 1 heterocycles. The molecule has 0 aliphatic rings. The highest BCUT2D eigenvalue weighted by Gasteiger charge is 2.15. The minimum Gasteiger partial charge on any atom is -0.334 e. The van der Waals surface area contributed by atoms with Crippen LogP contribution in [0.1, 0.15) is 20.3 Å². The molecule has 0 unspecified atom stereocenters. The Balaban J connectivity index is 2.22. The van der Waals surface area contributed by atoms with Crippen molar-refractivity contribution in [1.82, 2.24) is 14.3 Å². The molecule has 104 valence electrons. The van der Waals surface area contributed by atoms with Crippen LogP contribution in [0.15, 0.2) is 29.4 Å². The third-order valence-electron chi connectivity index (χ3n) is 3.02. The van der Waals surface area contributed by atoms with Gasteiger partial charge in [0.15, 0.2) is 0 Å². The van der Waals surface area contributed by atoms with Gasteiger partial charge in [-0.2, -0.15) is 0 Å². The summed E-state index contributed by atoms with van der Waals surface area (Å²) in [6.45, 7) is 4.59. The van der Waals surface area contributed by atoms with E-state index in [0.29, 0.717) is 18.0 Å². The van der Waals surface area contributed by atoms with Gasteiger partial charge in [0.05, 0.1) is 22.3 Å². The van der Waals surface area contributed by atoms with E-state index < -0.39 is 10.0 Å².